The highest BCUT2D eigenvalue weighted by molar-refractivity contribution is 7.90. The molecule has 0 radical (unpaired) electrons. The lowest BCUT2D eigenvalue weighted by atomic mass is 10.1. The van der Waals surface area contributed by atoms with Crippen LogP contribution in [0.1, 0.15) is 21.7 Å². The molecule has 1 aromatic heterocycles. The molecule has 20 heavy (non-hydrogen) atoms. The van der Waals surface area contributed by atoms with Crippen LogP contribution in [0.25, 0.3) is 0 Å². The summed E-state index contributed by atoms with van der Waals surface area (Å²) in [6.07, 6.45) is 1.01. The Morgan fingerprint density at radius 1 is 1.45 bits per heavy atom. The van der Waals surface area contributed by atoms with Gasteiger partial charge in [0.05, 0.1) is 10.5 Å². The van der Waals surface area contributed by atoms with Crippen molar-refractivity contribution in [1.82, 2.24) is 10.1 Å². The zero-order chi connectivity index (χ0) is 14.9. The number of carboxylic acid groups (broad SMARTS) is 1. The summed E-state index contributed by atoms with van der Waals surface area (Å²) in [7, 11) is -3.83. The van der Waals surface area contributed by atoms with Gasteiger partial charge in [-0.15, -0.1) is 0 Å². The van der Waals surface area contributed by atoms with Gasteiger partial charge in [0.15, 0.2) is 15.7 Å². The number of hydrogen-bond acceptors (Lipinski definition) is 6. The first kappa shape index (κ1) is 14.5. The summed E-state index contributed by atoms with van der Waals surface area (Å²) in [5, 5.41) is 12.5. The van der Waals surface area contributed by atoms with Crippen LogP contribution in [-0.2, 0) is 15.6 Å². The Morgan fingerprint density at radius 2 is 2.15 bits per heavy atom. The average molecular weight is 317 g/mol. The minimum Gasteiger partial charge on any atom is -0.478 e. The number of carbonyl (C=O) groups is 1. The number of hydrogen-bond donors (Lipinski definition) is 1. The predicted octanol–water partition coefficient (Wildman–Crippen LogP) is 1.70. The number of nitrogens with zero attached hydrogens (tertiary/aromatic N) is 2. The van der Waals surface area contributed by atoms with Gasteiger partial charge in [0.1, 0.15) is 5.75 Å². The van der Waals surface area contributed by atoms with E-state index in [0.717, 1.165) is 6.39 Å². The molecule has 0 amide bonds. The van der Waals surface area contributed by atoms with E-state index >= 15 is 0 Å². The van der Waals surface area contributed by atoms with Gasteiger partial charge in [-0.1, -0.05) is 16.8 Å². The molecule has 2 rings (SSSR count). The number of benzene rings is 1. The minimum absolute atomic E-state index is 0.0127. The Labute approximate surface area is 119 Å². The zero-order valence-corrected chi connectivity index (χ0v) is 11.8. The number of rotatable bonds is 4. The molecule has 0 saturated heterocycles. The van der Waals surface area contributed by atoms with E-state index in [0.29, 0.717) is 0 Å². The fraction of sp³-hybridized carbons (Fsp3) is 0.182. The summed E-state index contributed by atoms with van der Waals surface area (Å²) in [6, 6.07) is 2.41. The van der Waals surface area contributed by atoms with Crippen LogP contribution >= 0.6 is 11.6 Å². The van der Waals surface area contributed by atoms with Crippen LogP contribution in [0.4, 0.5) is 0 Å². The molecule has 0 aliphatic heterocycles. The molecule has 1 aromatic carbocycles. The second-order valence-electron chi connectivity index (χ2n) is 3.99. The summed E-state index contributed by atoms with van der Waals surface area (Å²) in [4.78, 5) is 14.5. The molecular weight excluding hydrogens is 308 g/mol. The van der Waals surface area contributed by atoms with Crippen LogP contribution in [0.2, 0.25) is 5.02 Å². The Bertz CT molecular complexity index is 755. The molecule has 7 nitrogen and oxygen atoms in total. The highest BCUT2D eigenvalue weighted by Gasteiger charge is 2.24. The quantitative estimate of drug-likeness (QED) is 0.913. The van der Waals surface area contributed by atoms with Crippen molar-refractivity contribution < 1.29 is 22.8 Å². The molecule has 0 aliphatic rings. The first-order valence-electron chi connectivity index (χ1n) is 5.32. The SMILES string of the molecule is Cc1c(C(=O)O)cc(Cl)cc1S(=O)(=O)Cc1ncon1. The largest absolute Gasteiger partial charge is 0.478 e. The van der Waals surface area contributed by atoms with Crippen molar-refractivity contribution in [3.63, 3.8) is 0 Å². The van der Waals surface area contributed by atoms with E-state index in [9.17, 15) is 13.2 Å². The summed E-state index contributed by atoms with van der Waals surface area (Å²) in [6.45, 7) is 1.41. The number of carboxylic acids is 1. The summed E-state index contributed by atoms with van der Waals surface area (Å²) in [5.41, 5.74) is -0.0467. The van der Waals surface area contributed by atoms with Gasteiger partial charge in [0.25, 0.3) is 0 Å². The predicted molar refractivity (Wildman–Crippen MR) is 68.3 cm³/mol. The van der Waals surface area contributed by atoms with E-state index < -0.39 is 21.6 Å². The van der Waals surface area contributed by atoms with E-state index in [4.69, 9.17) is 16.7 Å². The first-order valence-corrected chi connectivity index (χ1v) is 7.36. The Balaban J connectivity index is 2.54. The molecule has 0 aliphatic carbocycles. The number of aromatic nitrogens is 2. The second-order valence-corrected chi connectivity index (χ2v) is 6.38. The third-order valence-electron chi connectivity index (χ3n) is 2.62. The molecule has 0 fully saturated rings. The number of halogens is 1. The van der Waals surface area contributed by atoms with E-state index in [1.165, 1.54) is 19.1 Å². The number of sulfone groups is 1. The van der Waals surface area contributed by atoms with E-state index in [1.54, 1.807) is 0 Å². The van der Waals surface area contributed by atoms with Gasteiger partial charge < -0.3 is 9.63 Å². The smallest absolute Gasteiger partial charge is 0.336 e. The van der Waals surface area contributed by atoms with Crippen molar-refractivity contribution in [3.05, 3.63) is 40.5 Å². The molecule has 0 spiro atoms. The van der Waals surface area contributed by atoms with Gasteiger partial charge in [-0.05, 0) is 24.6 Å². The van der Waals surface area contributed by atoms with Crippen molar-refractivity contribution in [3.8, 4) is 0 Å². The van der Waals surface area contributed by atoms with Gasteiger partial charge in [-0.2, -0.15) is 4.98 Å². The molecule has 0 atom stereocenters. The van der Waals surface area contributed by atoms with Crippen LogP contribution in [0, 0.1) is 6.92 Å². The maximum atomic E-state index is 12.3. The maximum Gasteiger partial charge on any atom is 0.336 e. The molecule has 2 aromatic rings. The fourth-order valence-electron chi connectivity index (χ4n) is 1.70. The normalized spacial score (nSPS) is 11.5. The third kappa shape index (κ3) is 2.81. The van der Waals surface area contributed by atoms with Crippen LogP contribution in [0.15, 0.2) is 27.9 Å². The zero-order valence-electron chi connectivity index (χ0n) is 10.2. The van der Waals surface area contributed by atoms with Crippen LogP contribution in [0.3, 0.4) is 0 Å². The molecule has 9 heteroatoms. The lowest BCUT2D eigenvalue weighted by Gasteiger charge is -2.09. The molecule has 0 unspecified atom stereocenters. The van der Waals surface area contributed by atoms with Crippen molar-refractivity contribution in [2.24, 2.45) is 0 Å². The molecular formula is C11H9ClN2O5S. The number of aromatic carboxylic acids is 1. The van der Waals surface area contributed by atoms with Gasteiger partial charge in [0, 0.05) is 5.02 Å². The first-order chi connectivity index (χ1) is 9.31. The summed E-state index contributed by atoms with van der Waals surface area (Å²) >= 11 is 5.78. The molecule has 1 heterocycles. The maximum absolute atomic E-state index is 12.3. The monoisotopic (exact) mass is 316 g/mol. The van der Waals surface area contributed by atoms with E-state index in [1.807, 2.05) is 0 Å². The van der Waals surface area contributed by atoms with Crippen molar-refractivity contribution in [2.45, 2.75) is 17.6 Å². The average Bonchev–Trinajstić information content (AvgIpc) is 2.83. The van der Waals surface area contributed by atoms with Crippen molar-refractivity contribution in [1.29, 1.82) is 0 Å². The van der Waals surface area contributed by atoms with Crippen molar-refractivity contribution in [2.75, 3.05) is 0 Å². The molecule has 0 bridgehead atoms. The minimum atomic E-state index is -3.83. The lowest BCUT2D eigenvalue weighted by molar-refractivity contribution is 0.0696. The summed E-state index contributed by atoms with van der Waals surface area (Å²) < 4.78 is 29.0. The van der Waals surface area contributed by atoms with Gasteiger partial charge in [0.2, 0.25) is 6.39 Å². The van der Waals surface area contributed by atoms with Gasteiger partial charge in [-0.25, -0.2) is 13.2 Å². The van der Waals surface area contributed by atoms with E-state index in [2.05, 4.69) is 14.7 Å². The lowest BCUT2D eigenvalue weighted by Crippen LogP contribution is -2.11. The Morgan fingerprint density at radius 3 is 2.70 bits per heavy atom. The van der Waals surface area contributed by atoms with Crippen LogP contribution in [-0.4, -0.2) is 29.6 Å². The Hall–Kier alpha value is -1.93. The fourth-order valence-corrected chi connectivity index (χ4v) is 3.49. The van der Waals surface area contributed by atoms with Crippen LogP contribution in [0.5, 0.6) is 0 Å². The van der Waals surface area contributed by atoms with Crippen molar-refractivity contribution >= 4 is 27.4 Å². The molecule has 106 valence electrons. The van der Waals surface area contributed by atoms with E-state index in [-0.39, 0.29) is 26.9 Å². The van der Waals surface area contributed by atoms with Crippen LogP contribution < -0.4 is 0 Å². The topological polar surface area (TPSA) is 110 Å². The second kappa shape index (κ2) is 5.22. The highest BCUT2D eigenvalue weighted by Crippen LogP contribution is 2.26. The van der Waals surface area contributed by atoms with Gasteiger partial charge in [-0.3, -0.25) is 0 Å². The molecule has 0 saturated carbocycles. The highest BCUT2D eigenvalue weighted by atomic mass is 35.5. The molecule has 1 N–H and O–H groups in total. The van der Waals surface area contributed by atoms with Gasteiger partial charge >= 0.3 is 5.97 Å². The Kier molecular flexibility index (Phi) is 3.78. The summed E-state index contributed by atoms with van der Waals surface area (Å²) in [5.74, 6) is -1.76. The third-order valence-corrected chi connectivity index (χ3v) is 4.57. The standard InChI is InChI=1S/C11H9ClN2O5S/c1-6-8(11(15)16)2-7(12)3-9(6)20(17,18)4-10-13-5-19-14-10/h2-3,5H,4H2,1H3,(H,15,16).